The Kier molecular flexibility index (Phi) is 36.1. The lowest BCUT2D eigenvalue weighted by Gasteiger charge is -2.29. The molecule has 0 spiro atoms. The van der Waals surface area contributed by atoms with Gasteiger partial charge in [0.1, 0.15) is 13.2 Å². The summed E-state index contributed by atoms with van der Waals surface area (Å²) in [4.78, 5) is 25.0. The molecule has 9 heteroatoms. The molecule has 0 aromatic rings. The fraction of sp³-hybridized carbons (Fsp3) is 0.717. The van der Waals surface area contributed by atoms with Crippen LogP contribution in [0.2, 0.25) is 0 Å². The Morgan fingerprint density at radius 1 is 0.655 bits per heavy atom. The third kappa shape index (κ3) is 40.0. The maximum atomic E-state index is 12.7. The van der Waals surface area contributed by atoms with Crippen molar-refractivity contribution in [1.82, 2.24) is 5.32 Å². The number of carbonyl (C=O) groups excluding carboxylic acids is 1. The number of rotatable bonds is 38. The summed E-state index contributed by atoms with van der Waals surface area (Å²) >= 11 is 0. The molecule has 8 nitrogen and oxygen atoms in total. The number of likely N-dealkylation sites (N-methyl/N-ethyl adjacent to an activating group) is 1. The maximum Gasteiger partial charge on any atom is 0.268 e. The van der Waals surface area contributed by atoms with Crippen LogP contribution in [0.3, 0.4) is 0 Å². The lowest BCUT2D eigenvalue weighted by molar-refractivity contribution is -0.870. The molecule has 0 saturated heterocycles. The number of hydrogen-bond donors (Lipinski definition) is 2. The number of aliphatic hydroxyl groups excluding tert-OH is 1. The topological polar surface area (TPSA) is 108 Å². The Bertz CT molecular complexity index is 1120. The molecule has 3 atom stereocenters. The fourth-order valence-electron chi connectivity index (χ4n) is 5.69. The summed E-state index contributed by atoms with van der Waals surface area (Å²) in [6.07, 6.45) is 50.2. The minimum Gasteiger partial charge on any atom is -0.756 e. The predicted molar refractivity (Wildman–Crippen MR) is 233 cm³/mol. The molecule has 3 unspecified atom stereocenters. The zero-order valence-corrected chi connectivity index (χ0v) is 36.7. The number of nitrogens with one attached hydrogen (secondary N) is 1. The van der Waals surface area contributed by atoms with Crippen molar-refractivity contribution >= 4 is 13.7 Å². The smallest absolute Gasteiger partial charge is 0.268 e. The third-order valence-electron chi connectivity index (χ3n) is 9.17. The van der Waals surface area contributed by atoms with E-state index in [0.717, 1.165) is 70.6 Å². The molecule has 0 aliphatic heterocycles. The van der Waals surface area contributed by atoms with Crippen LogP contribution in [0.5, 0.6) is 0 Å². The van der Waals surface area contributed by atoms with Crippen LogP contribution in [0.15, 0.2) is 72.9 Å². The molecule has 2 N–H and O–H groups in total. The average Bonchev–Trinajstić information content (AvgIpc) is 3.13. The summed E-state index contributed by atoms with van der Waals surface area (Å²) < 4.78 is 22.9. The first-order valence-corrected chi connectivity index (χ1v) is 23.3. The number of amides is 1. The van der Waals surface area contributed by atoms with Gasteiger partial charge in [0.2, 0.25) is 5.91 Å². The van der Waals surface area contributed by atoms with Crippen molar-refractivity contribution in [3.63, 3.8) is 0 Å². The van der Waals surface area contributed by atoms with Gasteiger partial charge in [-0.2, -0.15) is 0 Å². The highest BCUT2D eigenvalue weighted by molar-refractivity contribution is 7.45. The van der Waals surface area contributed by atoms with Gasteiger partial charge in [-0.05, 0) is 57.8 Å². The zero-order chi connectivity index (χ0) is 40.7. The summed E-state index contributed by atoms with van der Waals surface area (Å²) in [5, 5.41) is 13.5. The van der Waals surface area contributed by atoms with Crippen molar-refractivity contribution in [2.45, 2.75) is 174 Å². The van der Waals surface area contributed by atoms with Crippen molar-refractivity contribution in [3.8, 4) is 0 Å². The van der Waals surface area contributed by atoms with Crippen molar-refractivity contribution in [1.29, 1.82) is 0 Å². The quantitative estimate of drug-likeness (QED) is 0.0279. The molecule has 0 aromatic carbocycles. The highest BCUT2D eigenvalue weighted by atomic mass is 31.2. The van der Waals surface area contributed by atoms with Crippen LogP contribution in [0.4, 0.5) is 0 Å². The largest absolute Gasteiger partial charge is 0.756 e. The molecule has 0 bridgehead atoms. The molecule has 0 heterocycles. The Hall–Kier alpha value is -2.06. The molecule has 0 aromatic heterocycles. The van der Waals surface area contributed by atoms with Crippen LogP contribution in [0.25, 0.3) is 0 Å². The molecule has 0 saturated carbocycles. The van der Waals surface area contributed by atoms with Crippen molar-refractivity contribution in [2.75, 3.05) is 40.9 Å². The van der Waals surface area contributed by atoms with Crippen LogP contribution in [0, 0.1) is 0 Å². The first-order chi connectivity index (χ1) is 26.5. The van der Waals surface area contributed by atoms with E-state index in [9.17, 15) is 19.4 Å². The number of carbonyl (C=O) groups is 1. The second-order valence-corrected chi connectivity index (χ2v) is 17.1. The van der Waals surface area contributed by atoms with Gasteiger partial charge in [0.15, 0.2) is 0 Å². The normalized spacial score (nSPS) is 15.1. The van der Waals surface area contributed by atoms with Crippen LogP contribution in [-0.2, 0) is 18.4 Å². The van der Waals surface area contributed by atoms with Gasteiger partial charge >= 0.3 is 0 Å². The Morgan fingerprint density at radius 3 is 1.60 bits per heavy atom. The van der Waals surface area contributed by atoms with Gasteiger partial charge in [-0.1, -0.05) is 170 Å². The number of unbranched alkanes of at least 4 members (excludes halogenated alkanes) is 15. The van der Waals surface area contributed by atoms with E-state index in [4.69, 9.17) is 9.05 Å². The second-order valence-electron chi connectivity index (χ2n) is 15.7. The van der Waals surface area contributed by atoms with E-state index in [1.165, 1.54) is 70.6 Å². The Labute approximate surface area is 338 Å². The molecular weight excluding hydrogens is 707 g/mol. The highest BCUT2D eigenvalue weighted by Gasteiger charge is 2.23. The number of allylic oxidation sites excluding steroid dienone is 11. The van der Waals surface area contributed by atoms with Gasteiger partial charge in [0, 0.05) is 6.42 Å². The fourth-order valence-corrected chi connectivity index (χ4v) is 6.42. The highest BCUT2D eigenvalue weighted by Crippen LogP contribution is 2.38. The molecule has 0 radical (unpaired) electrons. The summed E-state index contributed by atoms with van der Waals surface area (Å²) in [6.45, 7) is 4.35. The number of nitrogens with zero attached hydrogens (tertiary/aromatic N) is 1. The second kappa shape index (κ2) is 37.5. The van der Waals surface area contributed by atoms with E-state index in [1.807, 2.05) is 27.2 Å². The van der Waals surface area contributed by atoms with Gasteiger partial charge in [0.05, 0.1) is 39.9 Å². The summed E-state index contributed by atoms with van der Waals surface area (Å²) in [6, 6.07) is -0.885. The van der Waals surface area contributed by atoms with E-state index in [2.05, 4.69) is 79.9 Å². The maximum absolute atomic E-state index is 12.7. The van der Waals surface area contributed by atoms with Crippen LogP contribution in [0.1, 0.15) is 162 Å². The first kappa shape index (κ1) is 52.9. The molecule has 0 fully saturated rings. The minimum absolute atomic E-state index is 0.00527. The number of aliphatic hydroxyl groups is 1. The van der Waals surface area contributed by atoms with Crippen LogP contribution >= 0.6 is 7.82 Å². The lowest BCUT2D eigenvalue weighted by Crippen LogP contribution is -2.45. The van der Waals surface area contributed by atoms with Gasteiger partial charge in [-0.3, -0.25) is 9.36 Å². The van der Waals surface area contributed by atoms with Gasteiger partial charge < -0.3 is 28.8 Å². The molecule has 0 aliphatic carbocycles. The average molecular weight is 791 g/mol. The van der Waals surface area contributed by atoms with Gasteiger partial charge in [0.25, 0.3) is 7.82 Å². The van der Waals surface area contributed by atoms with E-state index in [0.29, 0.717) is 17.4 Å². The van der Waals surface area contributed by atoms with Crippen LogP contribution in [-0.4, -0.2) is 68.5 Å². The first-order valence-electron chi connectivity index (χ1n) is 21.8. The monoisotopic (exact) mass is 791 g/mol. The Morgan fingerprint density at radius 2 is 1.11 bits per heavy atom. The summed E-state index contributed by atoms with van der Waals surface area (Å²) in [5.74, 6) is -0.213. The molecule has 318 valence electrons. The van der Waals surface area contributed by atoms with Crippen molar-refractivity contribution in [3.05, 3.63) is 72.9 Å². The van der Waals surface area contributed by atoms with E-state index in [1.54, 1.807) is 6.08 Å². The standard InChI is InChI=1S/C46H83N2O6P/c1-6-8-10-12-13-14-15-16-17-18-19-20-21-22-23-24-25-26-27-28-29-30-31-32-33-34-35-36-38-40-46(50)47-44(45(49)39-37-11-9-7-2)43-54-55(51,52)53-42-41-48(3,4)5/h8,10,13-14,16-17,19-20,22-23,37,39,44-45,49H,6-7,9,11-12,15,18,21,24-36,38,40-43H2,1-5H3,(H-,47,50,51,52)/b10-8-,14-13-,17-16-,20-19-,23-22-,39-37+. The van der Waals surface area contributed by atoms with Crippen LogP contribution < -0.4 is 10.2 Å². The van der Waals surface area contributed by atoms with E-state index < -0.39 is 20.0 Å². The number of quaternary nitrogens is 1. The predicted octanol–water partition coefficient (Wildman–Crippen LogP) is 11.4. The number of phosphoric ester groups is 1. The molecule has 0 aliphatic rings. The number of phosphoric acid groups is 1. The molecule has 55 heavy (non-hydrogen) atoms. The van der Waals surface area contributed by atoms with E-state index >= 15 is 0 Å². The van der Waals surface area contributed by atoms with Crippen molar-refractivity contribution < 1.29 is 32.9 Å². The van der Waals surface area contributed by atoms with Crippen molar-refractivity contribution in [2.24, 2.45) is 0 Å². The number of hydrogen-bond acceptors (Lipinski definition) is 6. The van der Waals surface area contributed by atoms with E-state index in [-0.39, 0.29) is 19.1 Å². The molecule has 1 amide bonds. The third-order valence-corrected chi connectivity index (χ3v) is 10.1. The molecule has 0 rings (SSSR count). The van der Waals surface area contributed by atoms with Gasteiger partial charge in [-0.25, -0.2) is 0 Å². The molecular formula is C46H83N2O6P. The lowest BCUT2D eigenvalue weighted by atomic mass is 10.0. The minimum atomic E-state index is -4.57. The Balaban J connectivity index is 3.93. The van der Waals surface area contributed by atoms with Gasteiger partial charge in [-0.15, -0.1) is 0 Å². The summed E-state index contributed by atoms with van der Waals surface area (Å²) in [5.41, 5.74) is 0. The SMILES string of the molecule is CC/C=C\C/C=C\C/C=C\C/C=C\C/C=C\CCCCCCCCCCCCCCCC(=O)NC(COP(=O)([O-])OCC[N+](C)(C)C)C(O)/C=C/CCCC. The zero-order valence-electron chi connectivity index (χ0n) is 35.9. The summed E-state index contributed by atoms with van der Waals surface area (Å²) in [7, 11) is 1.24.